The third-order valence-electron chi connectivity index (χ3n) is 4.52. The molecule has 0 saturated heterocycles. The highest BCUT2D eigenvalue weighted by Gasteiger charge is 2.20. The molecule has 0 radical (unpaired) electrons. The molecule has 3 rings (SSSR count). The van der Waals surface area contributed by atoms with Crippen molar-refractivity contribution in [3.05, 3.63) is 89.2 Å². The lowest BCUT2D eigenvalue weighted by Crippen LogP contribution is -2.17. The SMILES string of the molecule is Cc1ccc(C)n1[C@H](CC(=O)O)c1ccc(OCc2ccccc2)cc1. The second-order valence-corrected chi connectivity index (χ2v) is 6.44. The summed E-state index contributed by atoms with van der Waals surface area (Å²) >= 11 is 0. The number of aryl methyl sites for hydroxylation is 2. The number of hydrogen-bond acceptors (Lipinski definition) is 2. The van der Waals surface area contributed by atoms with Gasteiger partial charge in [0.2, 0.25) is 0 Å². The van der Waals surface area contributed by atoms with Gasteiger partial charge in [0.25, 0.3) is 0 Å². The van der Waals surface area contributed by atoms with Gasteiger partial charge in [-0.15, -0.1) is 0 Å². The zero-order valence-corrected chi connectivity index (χ0v) is 15.1. The van der Waals surface area contributed by atoms with Gasteiger partial charge in [-0.1, -0.05) is 42.5 Å². The van der Waals surface area contributed by atoms with Gasteiger partial charge in [-0.3, -0.25) is 4.79 Å². The Morgan fingerprint density at radius 3 is 2.15 bits per heavy atom. The van der Waals surface area contributed by atoms with Gasteiger partial charge in [-0.25, -0.2) is 0 Å². The first-order valence-electron chi connectivity index (χ1n) is 8.67. The molecule has 26 heavy (non-hydrogen) atoms. The summed E-state index contributed by atoms with van der Waals surface area (Å²) in [4.78, 5) is 11.4. The van der Waals surface area contributed by atoms with Crippen molar-refractivity contribution < 1.29 is 14.6 Å². The molecule has 1 heterocycles. The van der Waals surface area contributed by atoms with E-state index in [1.165, 1.54) is 0 Å². The van der Waals surface area contributed by atoms with Gasteiger partial charge in [0.05, 0.1) is 12.5 Å². The van der Waals surface area contributed by atoms with Gasteiger partial charge >= 0.3 is 5.97 Å². The number of ether oxygens (including phenoxy) is 1. The zero-order valence-electron chi connectivity index (χ0n) is 15.1. The van der Waals surface area contributed by atoms with Gasteiger partial charge in [0.1, 0.15) is 12.4 Å². The fourth-order valence-corrected chi connectivity index (χ4v) is 3.22. The van der Waals surface area contributed by atoms with Crippen LogP contribution in [-0.4, -0.2) is 15.6 Å². The summed E-state index contributed by atoms with van der Waals surface area (Å²) < 4.78 is 7.90. The molecule has 0 amide bonds. The van der Waals surface area contributed by atoms with Crippen molar-refractivity contribution in [3.8, 4) is 5.75 Å². The lowest BCUT2D eigenvalue weighted by Gasteiger charge is -2.22. The van der Waals surface area contributed by atoms with Crippen molar-refractivity contribution in [2.75, 3.05) is 0 Å². The van der Waals surface area contributed by atoms with Crippen LogP contribution in [0.2, 0.25) is 0 Å². The molecule has 134 valence electrons. The average Bonchev–Trinajstić information content (AvgIpc) is 2.98. The number of hydrogen-bond donors (Lipinski definition) is 1. The summed E-state index contributed by atoms with van der Waals surface area (Å²) in [5.74, 6) is -0.0421. The zero-order chi connectivity index (χ0) is 18.5. The second kappa shape index (κ2) is 7.91. The molecule has 0 unspecified atom stereocenters. The molecular weight excluding hydrogens is 326 g/mol. The minimum absolute atomic E-state index is 0.0422. The van der Waals surface area contributed by atoms with E-state index in [9.17, 15) is 9.90 Å². The molecule has 0 aliphatic rings. The minimum atomic E-state index is -0.813. The van der Waals surface area contributed by atoms with Crippen LogP contribution in [0.3, 0.4) is 0 Å². The minimum Gasteiger partial charge on any atom is -0.489 e. The maximum atomic E-state index is 11.4. The van der Waals surface area contributed by atoms with Crippen LogP contribution >= 0.6 is 0 Å². The highest BCUT2D eigenvalue weighted by atomic mass is 16.5. The van der Waals surface area contributed by atoms with Crippen LogP contribution in [-0.2, 0) is 11.4 Å². The van der Waals surface area contributed by atoms with Crippen LogP contribution in [0.5, 0.6) is 5.75 Å². The largest absolute Gasteiger partial charge is 0.489 e. The third-order valence-corrected chi connectivity index (χ3v) is 4.52. The van der Waals surface area contributed by atoms with Crippen molar-refractivity contribution in [1.29, 1.82) is 0 Å². The molecule has 0 spiro atoms. The van der Waals surface area contributed by atoms with Crippen LogP contribution in [0.25, 0.3) is 0 Å². The van der Waals surface area contributed by atoms with E-state index in [2.05, 4.69) is 4.57 Å². The van der Waals surface area contributed by atoms with Crippen molar-refractivity contribution in [3.63, 3.8) is 0 Å². The third kappa shape index (κ3) is 4.14. The maximum Gasteiger partial charge on any atom is 0.305 e. The Balaban J connectivity index is 1.79. The van der Waals surface area contributed by atoms with E-state index in [1.54, 1.807) is 0 Å². The average molecular weight is 349 g/mol. The van der Waals surface area contributed by atoms with Gasteiger partial charge in [0.15, 0.2) is 0 Å². The Kier molecular flexibility index (Phi) is 5.42. The van der Waals surface area contributed by atoms with E-state index in [4.69, 9.17) is 4.74 Å². The number of carbonyl (C=O) groups is 1. The molecular formula is C22H23NO3. The summed E-state index contributed by atoms with van der Waals surface area (Å²) in [6, 6.07) is 21.5. The first-order valence-corrected chi connectivity index (χ1v) is 8.67. The Morgan fingerprint density at radius 1 is 0.962 bits per heavy atom. The van der Waals surface area contributed by atoms with Crippen LogP contribution in [0.1, 0.15) is 35.0 Å². The van der Waals surface area contributed by atoms with Crippen LogP contribution in [0.4, 0.5) is 0 Å². The summed E-state index contributed by atoms with van der Waals surface area (Å²) in [5.41, 5.74) is 4.18. The molecule has 0 bridgehead atoms. The Morgan fingerprint density at radius 2 is 1.58 bits per heavy atom. The molecule has 0 aliphatic heterocycles. The van der Waals surface area contributed by atoms with E-state index in [1.807, 2.05) is 80.6 Å². The number of nitrogens with zero attached hydrogens (tertiary/aromatic N) is 1. The summed E-state index contributed by atoms with van der Waals surface area (Å²) in [6.45, 7) is 4.51. The van der Waals surface area contributed by atoms with Crippen LogP contribution in [0.15, 0.2) is 66.7 Å². The predicted molar refractivity (Wildman–Crippen MR) is 102 cm³/mol. The summed E-state index contributed by atoms with van der Waals surface area (Å²) in [7, 11) is 0. The normalized spacial score (nSPS) is 11.9. The van der Waals surface area contributed by atoms with Gasteiger partial charge in [-0.05, 0) is 49.2 Å². The van der Waals surface area contributed by atoms with Crippen LogP contribution < -0.4 is 4.74 Å². The number of carboxylic acids is 1. The lowest BCUT2D eigenvalue weighted by atomic mass is 10.0. The molecule has 0 saturated carbocycles. The number of carboxylic acid groups (broad SMARTS) is 1. The highest BCUT2D eigenvalue weighted by molar-refractivity contribution is 5.68. The van der Waals surface area contributed by atoms with E-state index in [0.29, 0.717) is 6.61 Å². The first-order chi connectivity index (χ1) is 12.5. The van der Waals surface area contributed by atoms with Crippen LogP contribution in [0, 0.1) is 13.8 Å². The van der Waals surface area contributed by atoms with Crippen molar-refractivity contribution >= 4 is 5.97 Å². The topological polar surface area (TPSA) is 51.5 Å². The monoisotopic (exact) mass is 349 g/mol. The molecule has 1 aromatic heterocycles. The molecule has 0 aliphatic carbocycles. The lowest BCUT2D eigenvalue weighted by molar-refractivity contribution is -0.137. The molecule has 3 aromatic rings. The van der Waals surface area contributed by atoms with Gasteiger partial charge < -0.3 is 14.4 Å². The predicted octanol–water partition coefficient (Wildman–Crippen LogP) is 4.75. The van der Waals surface area contributed by atoms with E-state index >= 15 is 0 Å². The van der Waals surface area contributed by atoms with Gasteiger partial charge in [0, 0.05) is 11.4 Å². The molecule has 4 heteroatoms. The van der Waals surface area contributed by atoms with Crippen molar-refractivity contribution in [2.24, 2.45) is 0 Å². The first kappa shape index (κ1) is 17.8. The second-order valence-electron chi connectivity index (χ2n) is 6.44. The standard InChI is InChI=1S/C22H23NO3/c1-16-8-9-17(2)23(16)21(14-22(24)25)19-10-12-20(13-11-19)26-15-18-6-4-3-5-7-18/h3-13,21H,14-15H2,1-2H3,(H,24,25)/t21-/m1/s1. The molecule has 1 atom stereocenters. The number of rotatable bonds is 7. The summed E-state index contributed by atoms with van der Waals surface area (Å²) in [6.07, 6.45) is 0.0422. The summed E-state index contributed by atoms with van der Waals surface area (Å²) in [5, 5.41) is 9.35. The van der Waals surface area contributed by atoms with Crippen molar-refractivity contribution in [1.82, 2.24) is 4.57 Å². The highest BCUT2D eigenvalue weighted by Crippen LogP contribution is 2.28. The fraction of sp³-hybridized carbons (Fsp3) is 0.227. The molecule has 4 nitrogen and oxygen atoms in total. The quantitative estimate of drug-likeness (QED) is 0.670. The van der Waals surface area contributed by atoms with E-state index < -0.39 is 5.97 Å². The smallest absolute Gasteiger partial charge is 0.305 e. The molecule has 0 fully saturated rings. The Hall–Kier alpha value is -3.01. The molecule has 1 N–H and O–H groups in total. The molecule has 2 aromatic carbocycles. The fourth-order valence-electron chi connectivity index (χ4n) is 3.22. The maximum absolute atomic E-state index is 11.4. The van der Waals surface area contributed by atoms with E-state index in [0.717, 1.165) is 28.3 Å². The Labute approximate surface area is 153 Å². The van der Waals surface area contributed by atoms with Crippen molar-refractivity contribution in [2.45, 2.75) is 32.9 Å². The van der Waals surface area contributed by atoms with Gasteiger partial charge in [-0.2, -0.15) is 0 Å². The van der Waals surface area contributed by atoms with E-state index in [-0.39, 0.29) is 12.5 Å². The number of aromatic nitrogens is 1. The number of benzene rings is 2. The number of aliphatic carboxylic acids is 1. The Bertz CT molecular complexity index is 847.